The van der Waals surface area contributed by atoms with Gasteiger partial charge in [-0.15, -0.1) is 0 Å². The van der Waals surface area contributed by atoms with Crippen LogP contribution in [0.5, 0.6) is 11.5 Å². The van der Waals surface area contributed by atoms with Gasteiger partial charge >= 0.3 is 12.0 Å². The van der Waals surface area contributed by atoms with Gasteiger partial charge in [-0.1, -0.05) is 6.07 Å². The van der Waals surface area contributed by atoms with E-state index in [1.165, 1.54) is 14.2 Å². The number of methoxy groups -OCH3 is 2. The van der Waals surface area contributed by atoms with Crippen molar-refractivity contribution in [3.63, 3.8) is 0 Å². The minimum atomic E-state index is -1.34. The molecule has 0 aliphatic rings. The van der Waals surface area contributed by atoms with Gasteiger partial charge in [0.25, 0.3) is 0 Å². The summed E-state index contributed by atoms with van der Waals surface area (Å²) < 4.78 is 10.2. The number of hydrogen-bond acceptors (Lipinski definition) is 5. The van der Waals surface area contributed by atoms with Crippen LogP contribution in [0.2, 0.25) is 0 Å². The molecule has 0 aromatic heterocycles. The molecule has 2 amide bonds. The van der Waals surface area contributed by atoms with Gasteiger partial charge in [-0.25, -0.2) is 9.59 Å². The number of carboxylic acids is 1. The topological polar surface area (TPSA) is 117 Å². The van der Waals surface area contributed by atoms with E-state index in [9.17, 15) is 9.59 Å². The minimum absolute atomic E-state index is 0.171. The second kappa shape index (κ2) is 7.95. The number of rotatable bonds is 7. The molecule has 1 aromatic carbocycles. The fourth-order valence-electron chi connectivity index (χ4n) is 1.57. The van der Waals surface area contributed by atoms with Crippen molar-refractivity contribution in [3.05, 3.63) is 23.8 Å². The first kappa shape index (κ1) is 16.6. The van der Waals surface area contributed by atoms with Gasteiger partial charge in [0.15, 0.2) is 17.5 Å². The highest BCUT2D eigenvalue weighted by atomic mass is 16.5. The first-order valence-corrected chi connectivity index (χ1v) is 6.10. The molecule has 4 N–H and O–H groups in total. The van der Waals surface area contributed by atoms with Gasteiger partial charge in [0.05, 0.1) is 20.8 Å². The summed E-state index contributed by atoms with van der Waals surface area (Å²) in [5.74, 6) is -0.216. The number of nitrogens with one attached hydrogen (secondary N) is 2. The van der Waals surface area contributed by atoms with Crippen LogP contribution in [0.1, 0.15) is 5.56 Å². The SMILES string of the molecule is COc1ccc(CNC(=O)N[C@@H](CO)C(=O)O)cc1OC. The number of ether oxygens (including phenoxy) is 2. The molecule has 1 atom stereocenters. The van der Waals surface area contributed by atoms with Gasteiger partial charge in [-0.2, -0.15) is 0 Å². The van der Waals surface area contributed by atoms with Gasteiger partial charge in [0, 0.05) is 6.54 Å². The average Bonchev–Trinajstić information content (AvgIpc) is 2.49. The highest BCUT2D eigenvalue weighted by Gasteiger charge is 2.18. The molecule has 8 heteroatoms. The fraction of sp³-hybridized carbons (Fsp3) is 0.385. The van der Waals surface area contributed by atoms with Crippen LogP contribution in [-0.2, 0) is 11.3 Å². The van der Waals surface area contributed by atoms with Crippen LogP contribution < -0.4 is 20.1 Å². The van der Waals surface area contributed by atoms with Crippen molar-refractivity contribution in [2.75, 3.05) is 20.8 Å². The molecule has 1 rings (SSSR count). The molecule has 1 aromatic rings. The molecule has 0 saturated heterocycles. The smallest absolute Gasteiger partial charge is 0.328 e. The molecule has 0 spiro atoms. The van der Waals surface area contributed by atoms with Crippen LogP contribution in [0.15, 0.2) is 18.2 Å². The Hall–Kier alpha value is -2.48. The molecule has 0 bridgehead atoms. The summed E-state index contributed by atoms with van der Waals surface area (Å²) in [6, 6.07) is 3.10. The lowest BCUT2D eigenvalue weighted by Crippen LogP contribution is -2.47. The number of aliphatic carboxylic acids is 1. The van der Waals surface area contributed by atoms with Gasteiger partial charge in [-0.3, -0.25) is 0 Å². The Kier molecular flexibility index (Phi) is 6.28. The van der Waals surface area contributed by atoms with Gasteiger partial charge in [0.2, 0.25) is 0 Å². The summed E-state index contributed by atoms with van der Waals surface area (Å²) in [4.78, 5) is 22.2. The second-order valence-corrected chi connectivity index (χ2v) is 4.09. The van der Waals surface area contributed by atoms with Crippen molar-refractivity contribution in [1.82, 2.24) is 10.6 Å². The summed E-state index contributed by atoms with van der Waals surface area (Å²) in [5.41, 5.74) is 0.749. The summed E-state index contributed by atoms with van der Waals surface area (Å²) in [6.45, 7) is -0.511. The Balaban J connectivity index is 2.59. The molecule has 116 valence electrons. The van der Waals surface area contributed by atoms with Crippen LogP contribution in [0.3, 0.4) is 0 Å². The van der Waals surface area contributed by atoms with E-state index < -0.39 is 24.6 Å². The van der Waals surface area contributed by atoms with E-state index in [0.29, 0.717) is 11.5 Å². The lowest BCUT2D eigenvalue weighted by atomic mass is 10.2. The normalized spacial score (nSPS) is 11.4. The zero-order valence-corrected chi connectivity index (χ0v) is 11.8. The Labute approximate surface area is 121 Å². The number of aliphatic hydroxyl groups excluding tert-OH is 1. The van der Waals surface area contributed by atoms with Crippen molar-refractivity contribution in [2.45, 2.75) is 12.6 Å². The number of carboxylic acid groups (broad SMARTS) is 1. The third-order valence-corrected chi connectivity index (χ3v) is 2.69. The minimum Gasteiger partial charge on any atom is -0.493 e. The van der Waals surface area contributed by atoms with E-state index in [4.69, 9.17) is 19.7 Å². The number of benzene rings is 1. The quantitative estimate of drug-likeness (QED) is 0.560. The van der Waals surface area contributed by atoms with Crippen LogP contribution in [0, 0.1) is 0 Å². The Morgan fingerprint density at radius 3 is 2.43 bits per heavy atom. The van der Waals surface area contributed by atoms with Gasteiger partial charge < -0.3 is 30.3 Å². The van der Waals surface area contributed by atoms with E-state index in [1.807, 2.05) is 0 Å². The number of hydrogen-bond donors (Lipinski definition) is 4. The molecule has 0 saturated carbocycles. The number of carbonyl (C=O) groups excluding carboxylic acids is 1. The largest absolute Gasteiger partial charge is 0.493 e. The Morgan fingerprint density at radius 1 is 1.24 bits per heavy atom. The molecule has 21 heavy (non-hydrogen) atoms. The molecule has 0 radical (unpaired) electrons. The molecule has 0 fully saturated rings. The molecule has 0 unspecified atom stereocenters. The third-order valence-electron chi connectivity index (χ3n) is 2.69. The van der Waals surface area contributed by atoms with E-state index in [2.05, 4.69) is 10.6 Å². The van der Waals surface area contributed by atoms with Crippen molar-refractivity contribution in [1.29, 1.82) is 0 Å². The van der Waals surface area contributed by atoms with Gasteiger partial charge in [0.1, 0.15) is 0 Å². The summed E-state index contributed by atoms with van der Waals surface area (Å²) >= 11 is 0. The van der Waals surface area contributed by atoms with E-state index in [0.717, 1.165) is 5.56 Å². The van der Waals surface area contributed by atoms with Crippen molar-refractivity contribution < 1.29 is 29.3 Å². The van der Waals surface area contributed by atoms with E-state index in [-0.39, 0.29) is 6.54 Å². The number of urea groups is 1. The Bertz CT molecular complexity index is 505. The first-order chi connectivity index (χ1) is 10.0. The number of amides is 2. The van der Waals surface area contributed by atoms with Crippen molar-refractivity contribution in [3.8, 4) is 11.5 Å². The third kappa shape index (κ3) is 4.84. The molecule has 0 heterocycles. The van der Waals surface area contributed by atoms with E-state index in [1.54, 1.807) is 18.2 Å². The van der Waals surface area contributed by atoms with Gasteiger partial charge in [-0.05, 0) is 17.7 Å². The van der Waals surface area contributed by atoms with Crippen LogP contribution in [-0.4, -0.2) is 49.1 Å². The van der Waals surface area contributed by atoms with Crippen molar-refractivity contribution >= 4 is 12.0 Å². The Morgan fingerprint density at radius 2 is 1.90 bits per heavy atom. The lowest BCUT2D eigenvalue weighted by Gasteiger charge is -2.13. The van der Waals surface area contributed by atoms with Crippen LogP contribution >= 0.6 is 0 Å². The van der Waals surface area contributed by atoms with Crippen LogP contribution in [0.4, 0.5) is 4.79 Å². The average molecular weight is 298 g/mol. The maximum atomic E-state index is 11.5. The molecule has 0 aliphatic heterocycles. The summed E-state index contributed by atoms with van der Waals surface area (Å²) in [6.07, 6.45) is 0. The highest BCUT2D eigenvalue weighted by molar-refractivity contribution is 5.82. The highest BCUT2D eigenvalue weighted by Crippen LogP contribution is 2.27. The predicted molar refractivity (Wildman–Crippen MR) is 73.4 cm³/mol. The second-order valence-electron chi connectivity index (χ2n) is 4.09. The summed E-state index contributed by atoms with van der Waals surface area (Å²) in [5, 5.41) is 22.1. The zero-order chi connectivity index (χ0) is 15.8. The maximum absolute atomic E-state index is 11.5. The molecular formula is C13H18N2O6. The number of aliphatic hydroxyl groups is 1. The monoisotopic (exact) mass is 298 g/mol. The molecular weight excluding hydrogens is 280 g/mol. The fourth-order valence-corrected chi connectivity index (χ4v) is 1.57. The standard InChI is InChI=1S/C13H18N2O6/c1-20-10-4-3-8(5-11(10)21-2)6-14-13(19)15-9(7-16)12(17)18/h3-5,9,16H,6-7H2,1-2H3,(H,17,18)(H2,14,15,19)/t9-/m0/s1. The number of carbonyl (C=O) groups is 2. The maximum Gasteiger partial charge on any atom is 0.328 e. The first-order valence-electron chi connectivity index (χ1n) is 6.10. The lowest BCUT2D eigenvalue weighted by molar-refractivity contribution is -0.140. The van der Waals surface area contributed by atoms with Crippen molar-refractivity contribution in [2.24, 2.45) is 0 Å². The zero-order valence-electron chi connectivity index (χ0n) is 11.8. The molecule has 0 aliphatic carbocycles. The van der Waals surface area contributed by atoms with Crippen LogP contribution in [0.25, 0.3) is 0 Å². The summed E-state index contributed by atoms with van der Waals surface area (Å²) in [7, 11) is 3.02. The molecule has 8 nitrogen and oxygen atoms in total. The predicted octanol–water partition coefficient (Wildman–Crippen LogP) is -0.0515. The van der Waals surface area contributed by atoms with E-state index >= 15 is 0 Å².